The lowest BCUT2D eigenvalue weighted by atomic mass is 9.86. The fourth-order valence-corrected chi connectivity index (χ4v) is 3.86. The SMILES string of the molecule is Cn1c(CCN)nnc1SCc1cc(Cl)cc2c1OCC2(C)C. The number of halogens is 1. The molecule has 2 heterocycles. The summed E-state index contributed by atoms with van der Waals surface area (Å²) in [5, 5.41) is 10.1. The van der Waals surface area contributed by atoms with Gasteiger partial charge in [-0.1, -0.05) is 37.2 Å². The average Bonchev–Trinajstić information content (AvgIpc) is 2.99. The van der Waals surface area contributed by atoms with Gasteiger partial charge >= 0.3 is 0 Å². The van der Waals surface area contributed by atoms with Gasteiger partial charge in [0.05, 0.1) is 6.61 Å². The van der Waals surface area contributed by atoms with E-state index in [0.29, 0.717) is 13.2 Å². The maximum Gasteiger partial charge on any atom is 0.191 e. The molecule has 0 amide bonds. The highest BCUT2D eigenvalue weighted by atomic mass is 35.5. The molecule has 0 spiro atoms. The molecule has 0 atom stereocenters. The first-order chi connectivity index (χ1) is 10.9. The third-order valence-electron chi connectivity index (χ3n) is 4.09. The van der Waals surface area contributed by atoms with E-state index in [-0.39, 0.29) is 5.41 Å². The summed E-state index contributed by atoms with van der Waals surface area (Å²) in [6.07, 6.45) is 0.730. The van der Waals surface area contributed by atoms with Crippen LogP contribution in [-0.2, 0) is 24.6 Å². The first-order valence-corrected chi connectivity index (χ1v) is 8.95. The molecule has 0 bridgehead atoms. The Morgan fingerprint density at radius 3 is 2.91 bits per heavy atom. The number of hydrogen-bond donors (Lipinski definition) is 1. The van der Waals surface area contributed by atoms with E-state index in [1.807, 2.05) is 23.7 Å². The Morgan fingerprint density at radius 1 is 1.39 bits per heavy atom. The normalized spacial score (nSPS) is 15.5. The molecule has 0 radical (unpaired) electrons. The summed E-state index contributed by atoms with van der Waals surface area (Å²) >= 11 is 7.93. The Bertz CT molecular complexity index is 729. The van der Waals surface area contributed by atoms with E-state index >= 15 is 0 Å². The fraction of sp³-hybridized carbons (Fsp3) is 0.500. The lowest BCUT2D eigenvalue weighted by Gasteiger charge is -2.15. The van der Waals surface area contributed by atoms with Gasteiger partial charge in [0, 0.05) is 40.8 Å². The lowest BCUT2D eigenvalue weighted by molar-refractivity contribution is 0.290. The number of benzene rings is 1. The second kappa shape index (κ2) is 6.34. The van der Waals surface area contributed by atoms with Crippen molar-refractivity contribution in [3.8, 4) is 5.75 Å². The van der Waals surface area contributed by atoms with Crippen molar-refractivity contribution in [3.63, 3.8) is 0 Å². The number of fused-ring (bicyclic) bond motifs is 1. The Kier molecular flexibility index (Phi) is 4.58. The van der Waals surface area contributed by atoms with Crippen molar-refractivity contribution in [1.82, 2.24) is 14.8 Å². The molecule has 0 aliphatic carbocycles. The Morgan fingerprint density at radius 2 is 2.17 bits per heavy atom. The molecule has 23 heavy (non-hydrogen) atoms. The van der Waals surface area contributed by atoms with Gasteiger partial charge in [-0.2, -0.15) is 0 Å². The number of ether oxygens (including phenoxy) is 1. The number of thioether (sulfide) groups is 1. The summed E-state index contributed by atoms with van der Waals surface area (Å²) in [6, 6.07) is 3.99. The first-order valence-electron chi connectivity index (χ1n) is 7.59. The molecule has 1 aromatic carbocycles. The Hall–Kier alpha value is -1.24. The summed E-state index contributed by atoms with van der Waals surface area (Å²) in [6.45, 7) is 5.61. The highest BCUT2D eigenvalue weighted by Crippen LogP contribution is 2.43. The third-order valence-corrected chi connectivity index (χ3v) is 5.37. The van der Waals surface area contributed by atoms with E-state index in [0.717, 1.165) is 39.5 Å². The van der Waals surface area contributed by atoms with Crippen molar-refractivity contribution >= 4 is 23.4 Å². The molecule has 1 aromatic heterocycles. The minimum atomic E-state index is -0.00127. The minimum Gasteiger partial charge on any atom is -0.492 e. The van der Waals surface area contributed by atoms with Gasteiger partial charge in [0.25, 0.3) is 0 Å². The van der Waals surface area contributed by atoms with E-state index in [2.05, 4.69) is 24.0 Å². The van der Waals surface area contributed by atoms with Crippen molar-refractivity contribution < 1.29 is 4.74 Å². The largest absolute Gasteiger partial charge is 0.492 e. The molecule has 1 aliphatic heterocycles. The molecule has 0 fully saturated rings. The summed E-state index contributed by atoms with van der Waals surface area (Å²) in [5.41, 5.74) is 7.87. The molecular weight excluding hydrogens is 332 g/mol. The smallest absolute Gasteiger partial charge is 0.191 e. The van der Waals surface area contributed by atoms with Crippen LogP contribution in [0.25, 0.3) is 0 Å². The first kappa shape index (κ1) is 16.6. The van der Waals surface area contributed by atoms with Gasteiger partial charge in [-0.3, -0.25) is 0 Å². The second-order valence-corrected chi connectivity index (χ2v) is 7.78. The topological polar surface area (TPSA) is 66.0 Å². The zero-order chi connectivity index (χ0) is 16.6. The third kappa shape index (κ3) is 3.20. The molecule has 0 saturated heterocycles. The summed E-state index contributed by atoms with van der Waals surface area (Å²) in [5.74, 6) is 2.62. The van der Waals surface area contributed by atoms with Crippen LogP contribution in [0.4, 0.5) is 0 Å². The van der Waals surface area contributed by atoms with Crippen molar-refractivity contribution in [3.05, 3.63) is 34.1 Å². The zero-order valence-corrected chi connectivity index (χ0v) is 15.2. The van der Waals surface area contributed by atoms with Crippen LogP contribution in [0.1, 0.15) is 30.8 Å². The lowest BCUT2D eigenvalue weighted by Crippen LogP contribution is -2.18. The van der Waals surface area contributed by atoms with Crippen LogP contribution in [0, 0.1) is 0 Å². The van der Waals surface area contributed by atoms with Crippen LogP contribution >= 0.6 is 23.4 Å². The Labute approximate surface area is 145 Å². The molecule has 2 aromatic rings. The molecule has 7 heteroatoms. The Balaban J connectivity index is 1.82. The number of hydrogen-bond acceptors (Lipinski definition) is 5. The van der Waals surface area contributed by atoms with Crippen LogP contribution in [0.15, 0.2) is 17.3 Å². The molecule has 3 rings (SSSR count). The number of aromatic nitrogens is 3. The van der Waals surface area contributed by atoms with E-state index in [1.165, 1.54) is 5.56 Å². The zero-order valence-electron chi connectivity index (χ0n) is 13.6. The van der Waals surface area contributed by atoms with Gasteiger partial charge in [0.15, 0.2) is 5.16 Å². The highest BCUT2D eigenvalue weighted by molar-refractivity contribution is 7.98. The van der Waals surface area contributed by atoms with Crippen molar-refractivity contribution in [2.24, 2.45) is 12.8 Å². The van der Waals surface area contributed by atoms with Crippen molar-refractivity contribution in [2.75, 3.05) is 13.2 Å². The van der Waals surface area contributed by atoms with Crippen molar-refractivity contribution in [1.29, 1.82) is 0 Å². The summed E-state index contributed by atoms with van der Waals surface area (Å²) < 4.78 is 7.92. The molecular formula is C16H21ClN4OS. The van der Waals surface area contributed by atoms with Gasteiger partial charge in [-0.15, -0.1) is 10.2 Å². The summed E-state index contributed by atoms with van der Waals surface area (Å²) in [4.78, 5) is 0. The monoisotopic (exact) mass is 352 g/mol. The highest BCUT2D eigenvalue weighted by Gasteiger charge is 2.33. The van der Waals surface area contributed by atoms with Crippen molar-refractivity contribution in [2.45, 2.75) is 36.6 Å². The van der Waals surface area contributed by atoms with Gasteiger partial charge < -0.3 is 15.0 Å². The second-order valence-electron chi connectivity index (χ2n) is 6.40. The van der Waals surface area contributed by atoms with E-state index in [4.69, 9.17) is 22.1 Å². The quantitative estimate of drug-likeness (QED) is 0.838. The van der Waals surface area contributed by atoms with Gasteiger partial charge in [-0.05, 0) is 18.7 Å². The number of nitrogens with zero attached hydrogens (tertiary/aromatic N) is 3. The van der Waals surface area contributed by atoms with E-state index < -0.39 is 0 Å². The molecule has 5 nitrogen and oxygen atoms in total. The molecule has 124 valence electrons. The van der Waals surface area contributed by atoms with Gasteiger partial charge in [0.1, 0.15) is 11.6 Å². The maximum absolute atomic E-state index is 6.30. The fourth-order valence-electron chi connectivity index (χ4n) is 2.72. The molecule has 0 saturated carbocycles. The standard InChI is InChI=1S/C16H21ClN4OS/c1-16(2)9-22-14-10(6-11(17)7-12(14)16)8-23-15-20-19-13(4-5-18)21(15)3/h6-7H,4-5,8-9,18H2,1-3H3. The predicted octanol–water partition coefficient (Wildman–Crippen LogP) is 2.93. The average molecular weight is 353 g/mol. The molecule has 2 N–H and O–H groups in total. The van der Waals surface area contributed by atoms with E-state index in [9.17, 15) is 0 Å². The minimum absolute atomic E-state index is 0.00127. The van der Waals surface area contributed by atoms with Crippen LogP contribution in [0.5, 0.6) is 5.75 Å². The molecule has 1 aliphatic rings. The van der Waals surface area contributed by atoms with Crippen LogP contribution in [-0.4, -0.2) is 27.9 Å². The van der Waals surface area contributed by atoms with Crippen LogP contribution in [0.3, 0.4) is 0 Å². The van der Waals surface area contributed by atoms with Crippen LogP contribution in [0.2, 0.25) is 5.02 Å². The predicted molar refractivity (Wildman–Crippen MR) is 93.3 cm³/mol. The van der Waals surface area contributed by atoms with E-state index in [1.54, 1.807) is 11.8 Å². The van der Waals surface area contributed by atoms with Crippen LogP contribution < -0.4 is 10.5 Å². The number of rotatable bonds is 5. The number of nitrogens with two attached hydrogens (primary N) is 1. The maximum atomic E-state index is 6.30. The van der Waals surface area contributed by atoms with Gasteiger partial charge in [-0.25, -0.2) is 0 Å². The molecule has 0 unspecified atom stereocenters. The summed E-state index contributed by atoms with van der Waals surface area (Å²) in [7, 11) is 1.97. The van der Waals surface area contributed by atoms with Gasteiger partial charge in [0.2, 0.25) is 0 Å².